The fourth-order valence-electron chi connectivity index (χ4n) is 2.14. The topological polar surface area (TPSA) is 17.1 Å². The summed E-state index contributed by atoms with van der Waals surface area (Å²) in [5.41, 5.74) is 2.83. The standard InChI is InChI=1S/C13H16OS/c1-15-7-6-12(14)9-11-8-10-4-2-3-5-13(10)11/h2-5,11H,6-9H2,1H3. The molecule has 0 heterocycles. The van der Waals surface area contributed by atoms with Crippen molar-refractivity contribution in [1.29, 1.82) is 0 Å². The van der Waals surface area contributed by atoms with Gasteiger partial charge in [-0.05, 0) is 35.5 Å². The predicted molar refractivity (Wildman–Crippen MR) is 65.5 cm³/mol. The van der Waals surface area contributed by atoms with E-state index in [2.05, 4.69) is 24.3 Å². The molecule has 0 saturated carbocycles. The van der Waals surface area contributed by atoms with E-state index in [1.807, 2.05) is 6.26 Å². The molecular weight excluding hydrogens is 204 g/mol. The van der Waals surface area contributed by atoms with Crippen LogP contribution < -0.4 is 0 Å². The molecule has 2 heteroatoms. The number of thioether (sulfide) groups is 1. The Kier molecular flexibility index (Phi) is 3.47. The van der Waals surface area contributed by atoms with Gasteiger partial charge < -0.3 is 0 Å². The first-order valence-electron chi connectivity index (χ1n) is 5.39. The van der Waals surface area contributed by atoms with Gasteiger partial charge in [0.25, 0.3) is 0 Å². The van der Waals surface area contributed by atoms with Crippen LogP contribution in [-0.4, -0.2) is 17.8 Å². The Labute approximate surface area is 95.3 Å². The smallest absolute Gasteiger partial charge is 0.134 e. The average Bonchev–Trinajstić information content (AvgIpc) is 2.23. The first kappa shape index (κ1) is 10.7. The molecule has 0 radical (unpaired) electrons. The van der Waals surface area contributed by atoms with Gasteiger partial charge >= 0.3 is 0 Å². The van der Waals surface area contributed by atoms with Crippen LogP contribution in [0.1, 0.15) is 29.9 Å². The van der Waals surface area contributed by atoms with Gasteiger partial charge in [-0.2, -0.15) is 11.8 Å². The van der Waals surface area contributed by atoms with Crippen molar-refractivity contribution in [2.45, 2.75) is 25.2 Å². The lowest BCUT2D eigenvalue weighted by molar-refractivity contribution is -0.119. The van der Waals surface area contributed by atoms with Crippen molar-refractivity contribution < 1.29 is 4.79 Å². The Morgan fingerprint density at radius 1 is 1.47 bits per heavy atom. The highest BCUT2D eigenvalue weighted by Gasteiger charge is 2.26. The van der Waals surface area contributed by atoms with Crippen molar-refractivity contribution in [2.75, 3.05) is 12.0 Å². The normalized spacial score (nSPS) is 18.1. The Balaban J connectivity index is 1.87. The van der Waals surface area contributed by atoms with Crippen molar-refractivity contribution in [3.8, 4) is 0 Å². The molecule has 1 unspecified atom stereocenters. The molecule has 1 aromatic rings. The van der Waals surface area contributed by atoms with Gasteiger partial charge in [-0.3, -0.25) is 4.79 Å². The quantitative estimate of drug-likeness (QED) is 0.758. The number of rotatable bonds is 5. The third-order valence-corrected chi connectivity index (χ3v) is 3.63. The summed E-state index contributed by atoms with van der Waals surface area (Å²) in [5.74, 6) is 1.90. The lowest BCUT2D eigenvalue weighted by atomic mass is 9.75. The highest BCUT2D eigenvalue weighted by Crippen LogP contribution is 2.37. The van der Waals surface area contributed by atoms with Crippen LogP contribution in [0.2, 0.25) is 0 Å². The Morgan fingerprint density at radius 3 is 3.00 bits per heavy atom. The third-order valence-electron chi connectivity index (χ3n) is 3.02. The zero-order valence-corrected chi connectivity index (χ0v) is 9.85. The van der Waals surface area contributed by atoms with Crippen molar-refractivity contribution in [2.24, 2.45) is 0 Å². The molecule has 0 fully saturated rings. The number of ketones is 1. The number of fused-ring (bicyclic) bond motifs is 1. The zero-order chi connectivity index (χ0) is 10.7. The lowest BCUT2D eigenvalue weighted by Gasteiger charge is -2.29. The molecular formula is C13H16OS. The second kappa shape index (κ2) is 4.84. The molecule has 1 aromatic carbocycles. The van der Waals surface area contributed by atoms with E-state index in [9.17, 15) is 4.79 Å². The van der Waals surface area contributed by atoms with Crippen molar-refractivity contribution in [1.82, 2.24) is 0 Å². The van der Waals surface area contributed by atoms with Gasteiger partial charge in [0, 0.05) is 12.8 Å². The summed E-state index contributed by atoms with van der Waals surface area (Å²) in [6, 6.07) is 8.46. The largest absolute Gasteiger partial charge is 0.300 e. The van der Waals surface area contributed by atoms with E-state index >= 15 is 0 Å². The van der Waals surface area contributed by atoms with Crippen LogP contribution in [0.3, 0.4) is 0 Å². The number of Topliss-reactive ketones (excluding diaryl/α,β-unsaturated/α-hetero) is 1. The zero-order valence-electron chi connectivity index (χ0n) is 9.03. The van der Waals surface area contributed by atoms with Gasteiger partial charge in [0.05, 0.1) is 0 Å². The van der Waals surface area contributed by atoms with Gasteiger partial charge in [-0.25, -0.2) is 0 Å². The van der Waals surface area contributed by atoms with E-state index in [1.165, 1.54) is 11.1 Å². The van der Waals surface area contributed by atoms with Gasteiger partial charge in [0.2, 0.25) is 0 Å². The minimum atomic E-state index is 0.420. The van der Waals surface area contributed by atoms with E-state index < -0.39 is 0 Å². The fraction of sp³-hybridized carbons (Fsp3) is 0.462. The average molecular weight is 220 g/mol. The summed E-state index contributed by atoms with van der Waals surface area (Å²) in [4.78, 5) is 11.6. The Bertz CT molecular complexity index is 359. The molecule has 1 aliphatic carbocycles. The van der Waals surface area contributed by atoms with Crippen LogP contribution in [0.15, 0.2) is 24.3 Å². The molecule has 1 atom stereocenters. The van der Waals surface area contributed by atoms with Gasteiger partial charge in [-0.15, -0.1) is 0 Å². The molecule has 80 valence electrons. The van der Waals surface area contributed by atoms with Crippen LogP contribution in [-0.2, 0) is 11.2 Å². The monoisotopic (exact) mass is 220 g/mol. The van der Waals surface area contributed by atoms with Gasteiger partial charge in [0.1, 0.15) is 5.78 Å². The molecule has 0 N–H and O–H groups in total. The van der Waals surface area contributed by atoms with E-state index in [1.54, 1.807) is 11.8 Å². The van der Waals surface area contributed by atoms with Crippen molar-refractivity contribution >= 4 is 17.5 Å². The van der Waals surface area contributed by atoms with E-state index in [0.717, 1.165) is 25.0 Å². The molecule has 0 aromatic heterocycles. The minimum absolute atomic E-state index is 0.420. The second-order valence-corrected chi connectivity index (χ2v) is 5.07. The Morgan fingerprint density at radius 2 is 2.27 bits per heavy atom. The highest BCUT2D eigenvalue weighted by atomic mass is 32.2. The summed E-state index contributed by atoms with van der Waals surface area (Å²) >= 11 is 1.75. The fourth-order valence-corrected chi connectivity index (χ4v) is 2.57. The maximum atomic E-state index is 11.6. The number of hydrogen-bond acceptors (Lipinski definition) is 2. The maximum Gasteiger partial charge on any atom is 0.134 e. The molecule has 0 aliphatic heterocycles. The molecule has 1 nitrogen and oxygen atoms in total. The van der Waals surface area contributed by atoms with Crippen molar-refractivity contribution in [3.05, 3.63) is 35.4 Å². The van der Waals surface area contributed by atoms with Crippen LogP contribution in [0.5, 0.6) is 0 Å². The van der Waals surface area contributed by atoms with Gasteiger partial charge in [0.15, 0.2) is 0 Å². The molecule has 0 spiro atoms. The highest BCUT2D eigenvalue weighted by molar-refractivity contribution is 7.98. The van der Waals surface area contributed by atoms with Crippen LogP contribution in [0.4, 0.5) is 0 Å². The number of benzene rings is 1. The first-order chi connectivity index (χ1) is 7.31. The van der Waals surface area contributed by atoms with Crippen molar-refractivity contribution in [3.63, 3.8) is 0 Å². The predicted octanol–water partition coefficient (Wildman–Crippen LogP) is 3.04. The molecule has 0 bridgehead atoms. The lowest BCUT2D eigenvalue weighted by Crippen LogP contribution is -2.20. The summed E-state index contributed by atoms with van der Waals surface area (Å²) in [7, 11) is 0. The number of hydrogen-bond donors (Lipinski definition) is 0. The first-order valence-corrected chi connectivity index (χ1v) is 6.79. The minimum Gasteiger partial charge on any atom is -0.300 e. The number of carbonyl (C=O) groups is 1. The van der Waals surface area contributed by atoms with Crippen LogP contribution >= 0.6 is 11.8 Å². The molecule has 2 rings (SSSR count). The van der Waals surface area contributed by atoms with E-state index in [0.29, 0.717) is 11.7 Å². The van der Waals surface area contributed by atoms with Crippen LogP contribution in [0, 0.1) is 0 Å². The second-order valence-electron chi connectivity index (χ2n) is 4.09. The SMILES string of the molecule is CSCCC(=O)CC1Cc2ccccc21. The molecule has 0 saturated heterocycles. The molecule has 0 amide bonds. The summed E-state index contributed by atoms with van der Waals surface area (Å²) in [5, 5.41) is 0. The summed E-state index contributed by atoms with van der Waals surface area (Å²) in [6.07, 6.45) is 4.63. The van der Waals surface area contributed by atoms with E-state index in [4.69, 9.17) is 0 Å². The summed E-state index contributed by atoms with van der Waals surface area (Å²) in [6.45, 7) is 0. The molecule has 15 heavy (non-hydrogen) atoms. The summed E-state index contributed by atoms with van der Waals surface area (Å²) < 4.78 is 0. The number of carbonyl (C=O) groups excluding carboxylic acids is 1. The molecule has 1 aliphatic rings. The maximum absolute atomic E-state index is 11.6. The Hall–Kier alpha value is -0.760. The van der Waals surface area contributed by atoms with E-state index in [-0.39, 0.29) is 0 Å². The third kappa shape index (κ3) is 2.43. The van der Waals surface area contributed by atoms with Crippen LogP contribution in [0.25, 0.3) is 0 Å². The van der Waals surface area contributed by atoms with Gasteiger partial charge in [-0.1, -0.05) is 24.3 Å².